The summed E-state index contributed by atoms with van der Waals surface area (Å²) < 4.78 is 0. The van der Waals surface area contributed by atoms with Crippen LogP contribution < -0.4 is 5.32 Å². The van der Waals surface area contributed by atoms with Crippen LogP contribution in [0.1, 0.15) is 16.1 Å². The number of hydrogen-bond acceptors (Lipinski definition) is 3. The largest absolute Gasteiger partial charge is 0.308 e. The molecule has 0 aliphatic heterocycles. The highest BCUT2D eigenvalue weighted by Gasteiger charge is 2.06. The van der Waals surface area contributed by atoms with Gasteiger partial charge < -0.3 is 5.32 Å². The van der Waals surface area contributed by atoms with E-state index in [-0.39, 0.29) is 0 Å². The monoisotopic (exact) mass is 286 g/mol. The first-order valence-electron chi connectivity index (χ1n) is 5.21. The number of benzene rings is 1. The quantitative estimate of drug-likeness (QED) is 0.917. The second-order valence-electron chi connectivity index (χ2n) is 3.66. The third-order valence-electron chi connectivity index (χ3n) is 2.49. The van der Waals surface area contributed by atoms with Gasteiger partial charge in [0.15, 0.2) is 0 Å². The van der Waals surface area contributed by atoms with Gasteiger partial charge in [-0.1, -0.05) is 29.3 Å². The molecule has 2 rings (SSSR count). The lowest BCUT2D eigenvalue weighted by Gasteiger charge is -2.08. The zero-order valence-corrected chi connectivity index (χ0v) is 11.7. The molecule has 1 aromatic heterocycles. The highest BCUT2D eigenvalue weighted by molar-refractivity contribution is 7.09. The molecule has 1 aromatic carbocycles. The average Bonchev–Trinajstić information content (AvgIpc) is 2.69. The Morgan fingerprint density at radius 3 is 2.53 bits per heavy atom. The summed E-state index contributed by atoms with van der Waals surface area (Å²) in [7, 11) is 0. The number of nitrogens with zero attached hydrogens (tertiary/aromatic N) is 1. The number of hydrogen-bond donors (Lipinski definition) is 1. The predicted molar refractivity (Wildman–Crippen MR) is 73.9 cm³/mol. The van der Waals surface area contributed by atoms with Gasteiger partial charge in [0.2, 0.25) is 0 Å². The van der Waals surface area contributed by atoms with Crippen molar-refractivity contribution in [2.45, 2.75) is 20.0 Å². The van der Waals surface area contributed by atoms with Gasteiger partial charge >= 0.3 is 0 Å². The zero-order chi connectivity index (χ0) is 12.3. The summed E-state index contributed by atoms with van der Waals surface area (Å²) in [5.41, 5.74) is 3.88. The van der Waals surface area contributed by atoms with Gasteiger partial charge in [-0.2, -0.15) is 0 Å². The molecule has 0 saturated heterocycles. The number of nitrogens with one attached hydrogen (secondary N) is 1. The molecule has 17 heavy (non-hydrogen) atoms. The summed E-state index contributed by atoms with van der Waals surface area (Å²) in [5, 5.41) is 4.73. The van der Waals surface area contributed by atoms with E-state index in [1.807, 2.05) is 30.6 Å². The fourth-order valence-corrected chi connectivity index (χ4v) is 2.78. The maximum Gasteiger partial charge on any atom is 0.0798 e. The number of aromatic nitrogens is 1. The van der Waals surface area contributed by atoms with Crippen LogP contribution in [0.4, 0.5) is 0 Å². The van der Waals surface area contributed by atoms with Crippen molar-refractivity contribution in [3.63, 3.8) is 0 Å². The van der Waals surface area contributed by atoms with Gasteiger partial charge in [0.25, 0.3) is 0 Å². The minimum absolute atomic E-state index is 0.663. The predicted octanol–water partition coefficient (Wildman–Crippen LogP) is 4.05. The van der Waals surface area contributed by atoms with Crippen molar-refractivity contribution in [1.29, 1.82) is 0 Å². The first-order valence-corrected chi connectivity index (χ1v) is 6.84. The van der Waals surface area contributed by atoms with Gasteiger partial charge in [-0.15, -0.1) is 11.3 Å². The lowest BCUT2D eigenvalue weighted by atomic mass is 10.2. The summed E-state index contributed by atoms with van der Waals surface area (Å²) in [6.07, 6.45) is 0. The highest BCUT2D eigenvalue weighted by atomic mass is 35.5. The Labute approximate surface area is 115 Å². The number of halogens is 2. The molecule has 2 nitrogen and oxygen atoms in total. The molecule has 0 aliphatic rings. The molecular weight excluding hydrogens is 275 g/mol. The van der Waals surface area contributed by atoms with Crippen molar-refractivity contribution in [2.24, 2.45) is 0 Å². The van der Waals surface area contributed by atoms with Crippen LogP contribution >= 0.6 is 34.5 Å². The Bertz CT molecular complexity index is 491. The lowest BCUT2D eigenvalue weighted by Crippen LogP contribution is -2.13. The molecule has 0 saturated carbocycles. The van der Waals surface area contributed by atoms with Crippen molar-refractivity contribution in [3.8, 4) is 0 Å². The molecule has 1 heterocycles. The van der Waals surface area contributed by atoms with E-state index in [2.05, 4.69) is 10.3 Å². The molecule has 0 atom stereocenters. The summed E-state index contributed by atoms with van der Waals surface area (Å²) in [6.45, 7) is 3.46. The van der Waals surface area contributed by atoms with Crippen LogP contribution in [-0.2, 0) is 13.1 Å². The second-order valence-corrected chi connectivity index (χ2v) is 5.42. The fraction of sp³-hybridized carbons (Fsp3) is 0.250. The van der Waals surface area contributed by atoms with Crippen molar-refractivity contribution in [2.75, 3.05) is 0 Å². The maximum absolute atomic E-state index is 6.09. The smallest absolute Gasteiger partial charge is 0.0798 e. The summed E-state index contributed by atoms with van der Waals surface area (Å²) in [4.78, 5) is 5.45. The molecule has 5 heteroatoms. The Morgan fingerprint density at radius 1 is 1.24 bits per heavy atom. The van der Waals surface area contributed by atoms with E-state index >= 15 is 0 Å². The normalized spacial score (nSPS) is 10.8. The van der Waals surface area contributed by atoms with E-state index in [9.17, 15) is 0 Å². The molecule has 0 bridgehead atoms. The minimum atomic E-state index is 0.663. The number of aryl methyl sites for hydroxylation is 1. The van der Waals surface area contributed by atoms with E-state index in [1.54, 1.807) is 11.3 Å². The molecule has 0 fully saturated rings. The Morgan fingerprint density at radius 2 is 1.94 bits per heavy atom. The van der Waals surface area contributed by atoms with Crippen LogP contribution in [0.3, 0.4) is 0 Å². The SMILES string of the molecule is Cc1ncsc1CNCc1c(Cl)cccc1Cl. The van der Waals surface area contributed by atoms with Gasteiger partial charge in [0.05, 0.1) is 11.2 Å². The van der Waals surface area contributed by atoms with Crippen LogP contribution in [0, 0.1) is 6.92 Å². The van der Waals surface area contributed by atoms with E-state index in [0.717, 1.165) is 17.8 Å². The molecule has 0 spiro atoms. The minimum Gasteiger partial charge on any atom is -0.308 e. The van der Waals surface area contributed by atoms with E-state index < -0.39 is 0 Å². The van der Waals surface area contributed by atoms with Gasteiger partial charge in [0, 0.05) is 33.6 Å². The van der Waals surface area contributed by atoms with Crippen LogP contribution in [-0.4, -0.2) is 4.98 Å². The Balaban J connectivity index is 1.97. The summed E-state index contributed by atoms with van der Waals surface area (Å²) in [6, 6.07) is 5.55. The van der Waals surface area contributed by atoms with Crippen molar-refractivity contribution < 1.29 is 0 Å². The third-order valence-corrected chi connectivity index (χ3v) is 4.14. The van der Waals surface area contributed by atoms with Gasteiger partial charge in [-0.25, -0.2) is 4.98 Å². The first kappa shape index (κ1) is 12.8. The topological polar surface area (TPSA) is 24.9 Å². The molecule has 0 aliphatic carbocycles. The van der Waals surface area contributed by atoms with Crippen molar-refractivity contribution in [3.05, 3.63) is 49.9 Å². The molecule has 0 radical (unpaired) electrons. The Hall–Kier alpha value is -0.610. The Kier molecular flexibility index (Phi) is 4.40. The fourth-order valence-electron chi connectivity index (χ4n) is 1.50. The molecule has 2 aromatic rings. The molecule has 0 unspecified atom stereocenters. The van der Waals surface area contributed by atoms with Crippen molar-refractivity contribution >= 4 is 34.5 Å². The molecular formula is C12H12Cl2N2S. The summed E-state index contributed by atoms with van der Waals surface area (Å²) in [5.74, 6) is 0. The van der Waals surface area contributed by atoms with E-state index in [0.29, 0.717) is 16.6 Å². The first-order chi connectivity index (χ1) is 8.18. The zero-order valence-electron chi connectivity index (χ0n) is 9.34. The average molecular weight is 287 g/mol. The maximum atomic E-state index is 6.09. The highest BCUT2D eigenvalue weighted by Crippen LogP contribution is 2.24. The van der Waals surface area contributed by atoms with Gasteiger partial charge in [-0.05, 0) is 19.1 Å². The van der Waals surface area contributed by atoms with Gasteiger partial charge in [0.1, 0.15) is 0 Å². The summed E-state index contributed by atoms with van der Waals surface area (Å²) >= 11 is 13.8. The van der Waals surface area contributed by atoms with E-state index in [1.165, 1.54) is 4.88 Å². The standard InChI is InChI=1S/C12H12Cl2N2S/c1-8-12(17-7-16-8)6-15-5-9-10(13)3-2-4-11(9)14/h2-4,7,15H,5-6H2,1H3. The van der Waals surface area contributed by atoms with Gasteiger partial charge in [-0.3, -0.25) is 0 Å². The van der Waals surface area contributed by atoms with Crippen LogP contribution in [0.5, 0.6) is 0 Å². The number of rotatable bonds is 4. The van der Waals surface area contributed by atoms with Crippen LogP contribution in [0.15, 0.2) is 23.7 Å². The van der Waals surface area contributed by atoms with Crippen LogP contribution in [0.2, 0.25) is 10.0 Å². The molecule has 1 N–H and O–H groups in total. The molecule has 0 amide bonds. The molecule has 90 valence electrons. The van der Waals surface area contributed by atoms with E-state index in [4.69, 9.17) is 23.2 Å². The second kappa shape index (κ2) is 5.83. The third kappa shape index (κ3) is 3.19. The van der Waals surface area contributed by atoms with Crippen LogP contribution in [0.25, 0.3) is 0 Å². The number of thiazole rings is 1. The van der Waals surface area contributed by atoms with Crippen molar-refractivity contribution in [1.82, 2.24) is 10.3 Å². The lowest BCUT2D eigenvalue weighted by molar-refractivity contribution is 0.697.